The van der Waals surface area contributed by atoms with Crippen LogP contribution in [-0.2, 0) is 11.3 Å². The molecule has 1 aliphatic heterocycles. The Morgan fingerprint density at radius 3 is 2.54 bits per heavy atom. The van der Waals surface area contributed by atoms with Crippen molar-refractivity contribution < 1.29 is 9.53 Å². The highest BCUT2D eigenvalue weighted by atomic mass is 35.5. The van der Waals surface area contributed by atoms with Crippen LogP contribution in [0.2, 0.25) is 10.0 Å². The van der Waals surface area contributed by atoms with Crippen LogP contribution in [0.3, 0.4) is 0 Å². The molecule has 1 heterocycles. The SMILES string of the molecule is O=C(N/N=C/c1ccc(Cl)c(Cl)c1)c1ccc(CN2CCOCC2)cc1. The minimum absolute atomic E-state index is 0.265. The molecule has 1 saturated heterocycles. The van der Waals surface area contributed by atoms with E-state index in [0.717, 1.165) is 38.4 Å². The fourth-order valence-corrected chi connectivity index (χ4v) is 2.91. The number of morpholine rings is 1. The molecular formula is C19H19Cl2N3O2. The Hall–Kier alpha value is -1.92. The lowest BCUT2D eigenvalue weighted by Crippen LogP contribution is -2.35. The molecule has 26 heavy (non-hydrogen) atoms. The number of carbonyl (C=O) groups excluding carboxylic acids is 1. The lowest BCUT2D eigenvalue weighted by atomic mass is 10.1. The third kappa shape index (κ3) is 5.29. The molecule has 1 N–H and O–H groups in total. The van der Waals surface area contributed by atoms with Crippen LogP contribution in [-0.4, -0.2) is 43.3 Å². The number of amides is 1. The number of carbonyl (C=O) groups is 1. The van der Waals surface area contributed by atoms with Gasteiger partial charge in [0.25, 0.3) is 5.91 Å². The van der Waals surface area contributed by atoms with Crippen molar-refractivity contribution in [2.45, 2.75) is 6.54 Å². The Balaban J connectivity index is 1.54. The maximum Gasteiger partial charge on any atom is 0.271 e. The van der Waals surface area contributed by atoms with E-state index < -0.39 is 0 Å². The van der Waals surface area contributed by atoms with E-state index in [4.69, 9.17) is 27.9 Å². The third-order valence-corrected chi connectivity index (χ3v) is 4.79. The number of nitrogens with zero attached hydrogens (tertiary/aromatic N) is 2. The summed E-state index contributed by atoms with van der Waals surface area (Å²) in [6.07, 6.45) is 1.52. The van der Waals surface area contributed by atoms with Crippen LogP contribution >= 0.6 is 23.2 Å². The van der Waals surface area contributed by atoms with Crippen LogP contribution in [0, 0.1) is 0 Å². The van der Waals surface area contributed by atoms with Crippen LogP contribution in [0.5, 0.6) is 0 Å². The smallest absolute Gasteiger partial charge is 0.271 e. The molecule has 5 nitrogen and oxygen atoms in total. The summed E-state index contributed by atoms with van der Waals surface area (Å²) in [5.41, 5.74) is 4.99. The lowest BCUT2D eigenvalue weighted by molar-refractivity contribution is 0.0342. The monoisotopic (exact) mass is 391 g/mol. The Morgan fingerprint density at radius 2 is 1.85 bits per heavy atom. The molecule has 0 aliphatic carbocycles. The molecule has 0 aromatic heterocycles. The fourth-order valence-electron chi connectivity index (χ4n) is 2.60. The number of hydrogen-bond donors (Lipinski definition) is 1. The summed E-state index contributed by atoms with van der Waals surface area (Å²) in [5.74, 6) is -0.265. The van der Waals surface area contributed by atoms with E-state index in [2.05, 4.69) is 15.4 Å². The molecule has 0 radical (unpaired) electrons. The van der Waals surface area contributed by atoms with Gasteiger partial charge in [-0.05, 0) is 35.4 Å². The molecule has 1 fully saturated rings. The topological polar surface area (TPSA) is 53.9 Å². The number of ether oxygens (including phenoxy) is 1. The zero-order valence-electron chi connectivity index (χ0n) is 14.1. The van der Waals surface area contributed by atoms with Gasteiger partial charge in [-0.3, -0.25) is 9.69 Å². The second kappa shape index (κ2) is 9.14. The van der Waals surface area contributed by atoms with Gasteiger partial charge in [0.2, 0.25) is 0 Å². The summed E-state index contributed by atoms with van der Waals surface area (Å²) in [6.45, 7) is 4.28. The highest BCUT2D eigenvalue weighted by Gasteiger charge is 2.11. The van der Waals surface area contributed by atoms with Crippen molar-refractivity contribution >= 4 is 35.3 Å². The van der Waals surface area contributed by atoms with E-state index in [1.54, 1.807) is 30.3 Å². The van der Waals surface area contributed by atoms with Crippen LogP contribution in [0.25, 0.3) is 0 Å². The largest absolute Gasteiger partial charge is 0.379 e. The molecule has 7 heteroatoms. The summed E-state index contributed by atoms with van der Waals surface area (Å²) in [4.78, 5) is 14.5. The molecule has 3 rings (SSSR count). The van der Waals surface area contributed by atoms with Gasteiger partial charge < -0.3 is 4.74 Å². The highest BCUT2D eigenvalue weighted by molar-refractivity contribution is 6.42. The van der Waals surface area contributed by atoms with Crippen LogP contribution in [0.1, 0.15) is 21.5 Å². The number of rotatable bonds is 5. The van der Waals surface area contributed by atoms with Gasteiger partial charge in [-0.25, -0.2) is 5.43 Å². The minimum Gasteiger partial charge on any atom is -0.379 e. The van der Waals surface area contributed by atoms with Crippen molar-refractivity contribution in [3.05, 3.63) is 69.2 Å². The second-order valence-corrected chi connectivity index (χ2v) is 6.77. The van der Waals surface area contributed by atoms with Crippen LogP contribution in [0.15, 0.2) is 47.6 Å². The first-order valence-electron chi connectivity index (χ1n) is 8.29. The second-order valence-electron chi connectivity index (χ2n) is 5.96. The van der Waals surface area contributed by atoms with Gasteiger partial charge in [0.1, 0.15) is 0 Å². The summed E-state index contributed by atoms with van der Waals surface area (Å²) in [5, 5.41) is 4.88. The summed E-state index contributed by atoms with van der Waals surface area (Å²) in [7, 11) is 0. The molecule has 0 bridgehead atoms. The normalized spacial score (nSPS) is 15.3. The average molecular weight is 392 g/mol. The molecule has 0 spiro atoms. The zero-order chi connectivity index (χ0) is 18.4. The van der Waals surface area contributed by atoms with Gasteiger partial charge >= 0.3 is 0 Å². The predicted octanol–water partition coefficient (Wildman–Crippen LogP) is 3.59. The molecule has 0 atom stereocenters. The van der Waals surface area contributed by atoms with E-state index >= 15 is 0 Å². The number of nitrogens with one attached hydrogen (secondary N) is 1. The van der Waals surface area contributed by atoms with Gasteiger partial charge in [-0.15, -0.1) is 0 Å². The average Bonchev–Trinajstić information content (AvgIpc) is 2.66. The molecule has 2 aromatic carbocycles. The fraction of sp³-hybridized carbons (Fsp3) is 0.263. The maximum atomic E-state index is 12.2. The maximum absolute atomic E-state index is 12.2. The van der Waals surface area contributed by atoms with E-state index in [-0.39, 0.29) is 5.91 Å². The Labute approximate surface area is 162 Å². The van der Waals surface area contributed by atoms with Crippen LogP contribution < -0.4 is 5.43 Å². The minimum atomic E-state index is -0.265. The van der Waals surface area contributed by atoms with Crippen LogP contribution in [0.4, 0.5) is 0 Å². The first kappa shape index (κ1) is 18.9. The van der Waals surface area contributed by atoms with Gasteiger partial charge in [-0.1, -0.05) is 41.4 Å². The first-order chi connectivity index (χ1) is 12.6. The molecular weight excluding hydrogens is 373 g/mol. The zero-order valence-corrected chi connectivity index (χ0v) is 15.6. The quantitative estimate of drug-likeness (QED) is 0.625. The number of hydrogen-bond acceptors (Lipinski definition) is 4. The predicted molar refractivity (Wildman–Crippen MR) is 104 cm³/mol. The van der Waals surface area contributed by atoms with Gasteiger partial charge in [-0.2, -0.15) is 5.10 Å². The first-order valence-corrected chi connectivity index (χ1v) is 9.05. The molecule has 1 amide bonds. The van der Waals surface area contributed by atoms with E-state index in [0.29, 0.717) is 15.6 Å². The number of benzene rings is 2. The number of hydrazone groups is 1. The van der Waals surface area contributed by atoms with Crippen molar-refractivity contribution in [1.82, 2.24) is 10.3 Å². The molecule has 1 aliphatic rings. The van der Waals surface area contributed by atoms with E-state index in [1.165, 1.54) is 11.8 Å². The Morgan fingerprint density at radius 1 is 1.12 bits per heavy atom. The van der Waals surface area contributed by atoms with Crippen molar-refractivity contribution in [3.8, 4) is 0 Å². The summed E-state index contributed by atoms with van der Waals surface area (Å²) < 4.78 is 5.35. The van der Waals surface area contributed by atoms with Crippen molar-refractivity contribution in [2.75, 3.05) is 26.3 Å². The molecule has 136 valence electrons. The number of halogens is 2. The standard InChI is InChI=1S/C19H19Cl2N3O2/c20-17-6-3-15(11-18(17)21)12-22-23-19(25)16-4-1-14(2-5-16)13-24-7-9-26-10-8-24/h1-6,11-12H,7-10,13H2,(H,23,25)/b22-12+. The van der Waals surface area contributed by atoms with E-state index in [9.17, 15) is 4.79 Å². The van der Waals surface area contributed by atoms with Crippen molar-refractivity contribution in [2.24, 2.45) is 5.10 Å². The molecule has 0 unspecified atom stereocenters. The molecule has 0 saturated carbocycles. The Bertz CT molecular complexity index is 788. The Kier molecular flexibility index (Phi) is 6.63. The van der Waals surface area contributed by atoms with Gasteiger partial charge in [0, 0.05) is 25.2 Å². The third-order valence-electron chi connectivity index (χ3n) is 4.05. The summed E-state index contributed by atoms with van der Waals surface area (Å²) in [6, 6.07) is 12.7. The lowest BCUT2D eigenvalue weighted by Gasteiger charge is -2.26. The van der Waals surface area contributed by atoms with E-state index in [1.807, 2.05) is 12.1 Å². The van der Waals surface area contributed by atoms with Gasteiger partial charge in [0.05, 0.1) is 29.5 Å². The van der Waals surface area contributed by atoms with Gasteiger partial charge in [0.15, 0.2) is 0 Å². The molecule has 2 aromatic rings. The highest BCUT2D eigenvalue weighted by Crippen LogP contribution is 2.21. The summed E-state index contributed by atoms with van der Waals surface area (Å²) >= 11 is 11.8. The van der Waals surface area contributed by atoms with Crippen molar-refractivity contribution in [1.29, 1.82) is 0 Å². The van der Waals surface area contributed by atoms with Crippen molar-refractivity contribution in [3.63, 3.8) is 0 Å².